The van der Waals surface area contributed by atoms with Crippen LogP contribution in [0.1, 0.15) is 80.5 Å². The van der Waals surface area contributed by atoms with Crippen molar-refractivity contribution >= 4 is 11.5 Å². The summed E-state index contributed by atoms with van der Waals surface area (Å²) in [6, 6.07) is 13.7. The second kappa shape index (κ2) is 11.7. The number of alkyl halides is 2. The molecule has 1 saturated carbocycles. The summed E-state index contributed by atoms with van der Waals surface area (Å²) in [6.45, 7) is 4.26. The molecule has 0 bridgehead atoms. The van der Waals surface area contributed by atoms with E-state index < -0.39 is 18.1 Å². The number of benzene rings is 3. The SMILES string of the molecule is COC(=O)C[C@H](c1cccc(OCc2ccc(-c3cc(C(F)F)ccc3F)c(C3=CCCC3(C)C)c2)c1F)C1CC1. The van der Waals surface area contributed by atoms with Crippen LogP contribution in [-0.2, 0) is 16.1 Å². The fourth-order valence-corrected chi connectivity index (χ4v) is 5.87. The second-order valence-corrected chi connectivity index (χ2v) is 11.6. The Balaban J connectivity index is 1.47. The van der Waals surface area contributed by atoms with Crippen molar-refractivity contribution in [3.63, 3.8) is 0 Å². The summed E-state index contributed by atoms with van der Waals surface area (Å²) in [5.74, 6) is -1.39. The number of rotatable bonds is 10. The van der Waals surface area contributed by atoms with Crippen LogP contribution in [0.15, 0.2) is 60.7 Å². The molecule has 7 heteroatoms. The average molecular weight is 567 g/mol. The predicted octanol–water partition coefficient (Wildman–Crippen LogP) is 9.41. The van der Waals surface area contributed by atoms with E-state index in [9.17, 15) is 18.0 Å². The fraction of sp³-hybridized carbons (Fsp3) is 0.382. The Kier molecular flexibility index (Phi) is 8.25. The molecule has 2 aliphatic carbocycles. The van der Waals surface area contributed by atoms with Gasteiger partial charge < -0.3 is 9.47 Å². The zero-order valence-electron chi connectivity index (χ0n) is 23.5. The van der Waals surface area contributed by atoms with Crippen LogP contribution in [0.3, 0.4) is 0 Å². The largest absolute Gasteiger partial charge is 0.486 e. The highest BCUT2D eigenvalue weighted by Crippen LogP contribution is 2.48. The molecule has 5 rings (SSSR count). The Labute approximate surface area is 238 Å². The number of methoxy groups -OCH3 is 1. The highest BCUT2D eigenvalue weighted by atomic mass is 19.3. The summed E-state index contributed by atoms with van der Waals surface area (Å²) in [5, 5.41) is 0. The molecule has 216 valence electrons. The van der Waals surface area contributed by atoms with E-state index in [0.717, 1.165) is 54.5 Å². The van der Waals surface area contributed by atoms with Crippen molar-refractivity contribution in [1.29, 1.82) is 0 Å². The van der Waals surface area contributed by atoms with Crippen molar-refractivity contribution in [2.24, 2.45) is 11.3 Å². The van der Waals surface area contributed by atoms with Gasteiger partial charge in [-0.2, -0.15) is 0 Å². The Morgan fingerprint density at radius 2 is 1.78 bits per heavy atom. The van der Waals surface area contributed by atoms with Crippen molar-refractivity contribution in [2.75, 3.05) is 7.11 Å². The van der Waals surface area contributed by atoms with Gasteiger partial charge in [0, 0.05) is 17.0 Å². The molecule has 0 unspecified atom stereocenters. The lowest BCUT2D eigenvalue weighted by atomic mass is 9.79. The third-order valence-corrected chi connectivity index (χ3v) is 8.35. The van der Waals surface area contributed by atoms with Gasteiger partial charge >= 0.3 is 5.97 Å². The van der Waals surface area contributed by atoms with Gasteiger partial charge in [-0.05, 0) is 89.1 Å². The lowest BCUT2D eigenvalue weighted by Gasteiger charge is -2.26. The van der Waals surface area contributed by atoms with E-state index in [1.165, 1.54) is 13.2 Å². The molecule has 41 heavy (non-hydrogen) atoms. The summed E-state index contributed by atoms with van der Waals surface area (Å²) in [4.78, 5) is 12.0. The summed E-state index contributed by atoms with van der Waals surface area (Å²) >= 11 is 0. The van der Waals surface area contributed by atoms with E-state index in [4.69, 9.17) is 9.47 Å². The molecule has 0 saturated heterocycles. The van der Waals surface area contributed by atoms with Gasteiger partial charge in [0.25, 0.3) is 6.43 Å². The van der Waals surface area contributed by atoms with Crippen LogP contribution in [0.5, 0.6) is 5.75 Å². The second-order valence-electron chi connectivity index (χ2n) is 11.6. The topological polar surface area (TPSA) is 35.5 Å². The number of carbonyl (C=O) groups is 1. The summed E-state index contributed by atoms with van der Waals surface area (Å²) < 4.78 is 68.4. The van der Waals surface area contributed by atoms with Crippen LogP contribution in [0.25, 0.3) is 16.7 Å². The Bertz CT molecular complexity index is 1470. The monoisotopic (exact) mass is 566 g/mol. The third-order valence-electron chi connectivity index (χ3n) is 8.35. The quantitative estimate of drug-likeness (QED) is 0.181. The first-order chi connectivity index (χ1) is 19.6. The first kappa shape index (κ1) is 28.9. The third kappa shape index (κ3) is 6.19. The molecule has 3 nitrogen and oxygen atoms in total. The van der Waals surface area contributed by atoms with Gasteiger partial charge in [0.1, 0.15) is 12.4 Å². The Hall–Kier alpha value is -3.61. The smallest absolute Gasteiger partial charge is 0.306 e. The van der Waals surface area contributed by atoms with Gasteiger partial charge in [0.15, 0.2) is 11.6 Å². The predicted molar refractivity (Wildman–Crippen MR) is 151 cm³/mol. The molecule has 0 spiro atoms. The lowest BCUT2D eigenvalue weighted by Crippen LogP contribution is -2.12. The molecule has 0 N–H and O–H groups in total. The zero-order valence-corrected chi connectivity index (χ0v) is 23.5. The molecule has 3 aromatic rings. The minimum Gasteiger partial charge on any atom is -0.486 e. The number of carbonyl (C=O) groups excluding carboxylic acids is 1. The Morgan fingerprint density at radius 3 is 2.44 bits per heavy atom. The zero-order chi connectivity index (χ0) is 29.3. The van der Waals surface area contributed by atoms with Crippen LogP contribution in [-0.4, -0.2) is 13.1 Å². The van der Waals surface area contributed by atoms with E-state index in [0.29, 0.717) is 11.1 Å². The first-order valence-corrected chi connectivity index (χ1v) is 14.0. The molecule has 0 radical (unpaired) electrons. The molecule has 1 fully saturated rings. The summed E-state index contributed by atoms with van der Waals surface area (Å²) in [6.07, 6.45) is 3.15. The van der Waals surface area contributed by atoms with Crippen molar-refractivity contribution in [2.45, 2.75) is 64.9 Å². The number of halogens is 4. The maximum absolute atomic E-state index is 15.6. The first-order valence-electron chi connectivity index (χ1n) is 14.0. The highest BCUT2D eigenvalue weighted by Gasteiger charge is 2.36. The fourth-order valence-electron chi connectivity index (χ4n) is 5.87. The summed E-state index contributed by atoms with van der Waals surface area (Å²) in [5.41, 5.74) is 3.14. The van der Waals surface area contributed by atoms with Gasteiger partial charge in [-0.15, -0.1) is 0 Å². The van der Waals surface area contributed by atoms with E-state index in [2.05, 4.69) is 19.9 Å². The molecule has 3 aromatic carbocycles. The highest BCUT2D eigenvalue weighted by molar-refractivity contribution is 5.85. The maximum atomic E-state index is 15.6. The molecule has 2 aliphatic rings. The van der Waals surface area contributed by atoms with Crippen LogP contribution >= 0.6 is 0 Å². The lowest BCUT2D eigenvalue weighted by molar-refractivity contribution is -0.141. The van der Waals surface area contributed by atoms with Gasteiger partial charge in [-0.25, -0.2) is 17.6 Å². The van der Waals surface area contributed by atoms with Gasteiger partial charge in [-0.3, -0.25) is 4.79 Å². The molecule has 0 heterocycles. The van der Waals surface area contributed by atoms with Crippen molar-refractivity contribution in [3.8, 4) is 16.9 Å². The van der Waals surface area contributed by atoms with Crippen LogP contribution < -0.4 is 4.74 Å². The number of hydrogen-bond acceptors (Lipinski definition) is 3. The minimum absolute atomic E-state index is 0.0476. The van der Waals surface area contributed by atoms with E-state index in [-0.39, 0.29) is 53.1 Å². The molecular formula is C34H34F4O3. The Morgan fingerprint density at radius 1 is 1.00 bits per heavy atom. The van der Waals surface area contributed by atoms with Crippen molar-refractivity contribution < 1.29 is 31.8 Å². The van der Waals surface area contributed by atoms with Crippen LogP contribution in [0, 0.1) is 23.0 Å². The molecule has 1 atom stereocenters. The standard InChI is InChI=1S/C34H34F4O3/c1-34(2)15-5-7-28(34)26-16-20(9-13-23(26)27-17-22(33(37)38)12-14-29(27)35)19-41-30-8-4-6-24(32(30)36)25(21-10-11-21)18-31(39)40-3/h4,6-9,12-14,16-17,21,25,33H,5,10-11,15,18-19H2,1-3H3/t25-/m0/s1. The van der Waals surface area contributed by atoms with E-state index in [1.54, 1.807) is 30.3 Å². The number of esters is 1. The number of ether oxygens (including phenoxy) is 2. The molecule has 0 aliphatic heterocycles. The van der Waals surface area contributed by atoms with E-state index in [1.807, 2.05) is 6.07 Å². The van der Waals surface area contributed by atoms with Gasteiger partial charge in [0.05, 0.1) is 13.5 Å². The summed E-state index contributed by atoms with van der Waals surface area (Å²) in [7, 11) is 1.33. The van der Waals surface area contributed by atoms with Crippen LogP contribution in [0.4, 0.5) is 17.6 Å². The van der Waals surface area contributed by atoms with Gasteiger partial charge in [-0.1, -0.05) is 50.3 Å². The molecule has 0 amide bonds. The molecule has 0 aromatic heterocycles. The normalized spacial score (nSPS) is 16.9. The minimum atomic E-state index is -2.72. The molecular weight excluding hydrogens is 532 g/mol. The van der Waals surface area contributed by atoms with Gasteiger partial charge in [0.2, 0.25) is 0 Å². The van der Waals surface area contributed by atoms with Crippen molar-refractivity contribution in [1.82, 2.24) is 0 Å². The van der Waals surface area contributed by atoms with Crippen molar-refractivity contribution in [3.05, 3.63) is 94.6 Å². The average Bonchev–Trinajstić information content (AvgIpc) is 3.73. The van der Waals surface area contributed by atoms with Crippen LogP contribution in [0.2, 0.25) is 0 Å². The maximum Gasteiger partial charge on any atom is 0.306 e. The van der Waals surface area contributed by atoms with E-state index >= 15 is 4.39 Å². The number of allylic oxidation sites excluding steroid dienone is 2. The number of hydrogen-bond donors (Lipinski definition) is 0.